The van der Waals surface area contributed by atoms with E-state index in [1.807, 2.05) is 0 Å². The summed E-state index contributed by atoms with van der Waals surface area (Å²) >= 11 is 0. The molecule has 3 unspecified atom stereocenters. The van der Waals surface area contributed by atoms with Crippen molar-refractivity contribution in [3.05, 3.63) is 0 Å². The Bertz CT molecular complexity index is 142. The molecule has 3 atom stereocenters. The normalized spacial score (nSPS) is 43.4. The molecule has 1 aliphatic heterocycles. The monoisotopic (exact) mass is 153 g/mol. The highest BCUT2D eigenvalue weighted by Crippen LogP contribution is 2.45. The first-order chi connectivity index (χ1) is 5.27. The van der Waals surface area contributed by atoms with Gasteiger partial charge in [0.1, 0.15) is 0 Å². The van der Waals surface area contributed by atoms with Crippen LogP contribution in [0.15, 0.2) is 0 Å². The van der Waals surface area contributed by atoms with Crippen molar-refractivity contribution in [2.75, 3.05) is 13.1 Å². The van der Waals surface area contributed by atoms with Crippen LogP contribution < -0.4 is 5.32 Å². The maximum absolute atomic E-state index is 3.57. The van der Waals surface area contributed by atoms with E-state index < -0.39 is 0 Å². The van der Waals surface area contributed by atoms with Crippen LogP contribution in [0.25, 0.3) is 0 Å². The Morgan fingerprint density at radius 1 is 1.09 bits per heavy atom. The molecule has 1 saturated heterocycles. The van der Waals surface area contributed by atoms with E-state index >= 15 is 0 Å². The van der Waals surface area contributed by atoms with E-state index in [9.17, 15) is 0 Å². The molecule has 2 aliphatic rings. The van der Waals surface area contributed by atoms with Crippen LogP contribution in [0, 0.1) is 23.7 Å². The first kappa shape index (κ1) is 7.60. The molecule has 0 spiro atoms. The molecule has 0 aromatic heterocycles. The zero-order valence-corrected chi connectivity index (χ0v) is 7.64. The molecule has 2 rings (SSSR count). The van der Waals surface area contributed by atoms with Gasteiger partial charge < -0.3 is 5.32 Å². The molecule has 1 nitrogen and oxygen atoms in total. The van der Waals surface area contributed by atoms with Gasteiger partial charge in [0.25, 0.3) is 0 Å². The Hall–Kier alpha value is -0.0400. The van der Waals surface area contributed by atoms with Crippen LogP contribution in [-0.2, 0) is 0 Å². The summed E-state index contributed by atoms with van der Waals surface area (Å²) in [5.41, 5.74) is 0. The van der Waals surface area contributed by atoms with Crippen molar-refractivity contribution in [2.45, 2.75) is 26.7 Å². The van der Waals surface area contributed by atoms with Gasteiger partial charge in [0.05, 0.1) is 0 Å². The Kier molecular flexibility index (Phi) is 1.92. The van der Waals surface area contributed by atoms with Gasteiger partial charge in [0.15, 0.2) is 0 Å². The SMILES string of the molecule is CC(C)C1CNCC2CC2C1. The van der Waals surface area contributed by atoms with Gasteiger partial charge in [-0.05, 0) is 49.6 Å². The average Bonchev–Trinajstić information content (AvgIpc) is 2.59. The smallest absolute Gasteiger partial charge is 0.00176 e. The molecule has 1 aliphatic carbocycles. The molecule has 0 aromatic carbocycles. The van der Waals surface area contributed by atoms with Crippen molar-refractivity contribution in [1.29, 1.82) is 0 Å². The fraction of sp³-hybridized carbons (Fsp3) is 1.00. The fourth-order valence-corrected chi connectivity index (χ4v) is 2.28. The summed E-state index contributed by atoms with van der Waals surface area (Å²) in [5, 5.41) is 3.57. The maximum atomic E-state index is 3.57. The number of hydrogen-bond acceptors (Lipinski definition) is 1. The van der Waals surface area contributed by atoms with E-state index in [0.29, 0.717) is 0 Å². The second-order valence-corrected chi connectivity index (χ2v) is 4.65. The third kappa shape index (κ3) is 1.58. The quantitative estimate of drug-likeness (QED) is 0.606. The van der Waals surface area contributed by atoms with Crippen molar-refractivity contribution in [3.8, 4) is 0 Å². The zero-order valence-electron chi connectivity index (χ0n) is 7.64. The summed E-state index contributed by atoms with van der Waals surface area (Å²) in [4.78, 5) is 0. The summed E-state index contributed by atoms with van der Waals surface area (Å²) in [6, 6.07) is 0. The third-order valence-corrected chi connectivity index (χ3v) is 3.43. The van der Waals surface area contributed by atoms with Gasteiger partial charge in [0.2, 0.25) is 0 Å². The predicted molar refractivity (Wildman–Crippen MR) is 47.4 cm³/mol. The van der Waals surface area contributed by atoms with Crippen LogP contribution in [0.5, 0.6) is 0 Å². The van der Waals surface area contributed by atoms with E-state index in [2.05, 4.69) is 19.2 Å². The third-order valence-electron chi connectivity index (χ3n) is 3.43. The van der Waals surface area contributed by atoms with Gasteiger partial charge in [0, 0.05) is 0 Å². The summed E-state index contributed by atoms with van der Waals surface area (Å²) in [7, 11) is 0. The number of nitrogens with one attached hydrogen (secondary N) is 1. The van der Waals surface area contributed by atoms with Crippen LogP contribution in [0.3, 0.4) is 0 Å². The lowest BCUT2D eigenvalue weighted by Crippen LogP contribution is -2.25. The summed E-state index contributed by atoms with van der Waals surface area (Å²) in [6.45, 7) is 7.28. The topological polar surface area (TPSA) is 12.0 Å². The van der Waals surface area contributed by atoms with E-state index in [1.54, 1.807) is 0 Å². The van der Waals surface area contributed by atoms with Gasteiger partial charge >= 0.3 is 0 Å². The standard InChI is InChI=1S/C10H19N/c1-7(2)9-3-8-4-10(8)6-11-5-9/h7-11H,3-6H2,1-2H3. The molecule has 1 saturated carbocycles. The lowest BCUT2D eigenvalue weighted by Gasteiger charge is -2.18. The molecular formula is C10H19N. The van der Waals surface area contributed by atoms with Crippen LogP contribution in [0.4, 0.5) is 0 Å². The average molecular weight is 153 g/mol. The van der Waals surface area contributed by atoms with Gasteiger partial charge in [-0.25, -0.2) is 0 Å². The Labute approximate surface area is 69.6 Å². The number of rotatable bonds is 1. The minimum absolute atomic E-state index is 0.877. The summed E-state index contributed by atoms with van der Waals surface area (Å²) in [6.07, 6.45) is 3.01. The molecule has 0 aromatic rings. The highest BCUT2D eigenvalue weighted by Gasteiger charge is 2.40. The first-order valence-corrected chi connectivity index (χ1v) is 4.98. The molecule has 1 N–H and O–H groups in total. The Morgan fingerprint density at radius 3 is 2.64 bits per heavy atom. The zero-order chi connectivity index (χ0) is 7.84. The highest BCUT2D eigenvalue weighted by molar-refractivity contribution is 4.92. The van der Waals surface area contributed by atoms with Crippen LogP contribution in [0.2, 0.25) is 0 Å². The van der Waals surface area contributed by atoms with Crippen LogP contribution >= 0.6 is 0 Å². The highest BCUT2D eigenvalue weighted by atomic mass is 14.9. The van der Waals surface area contributed by atoms with Crippen LogP contribution in [-0.4, -0.2) is 13.1 Å². The van der Waals surface area contributed by atoms with Crippen LogP contribution in [0.1, 0.15) is 26.7 Å². The van der Waals surface area contributed by atoms with E-state index in [-0.39, 0.29) is 0 Å². The van der Waals surface area contributed by atoms with E-state index in [0.717, 1.165) is 23.7 Å². The molecule has 64 valence electrons. The van der Waals surface area contributed by atoms with Crippen molar-refractivity contribution >= 4 is 0 Å². The molecule has 0 bridgehead atoms. The molecule has 11 heavy (non-hydrogen) atoms. The second kappa shape index (κ2) is 2.78. The van der Waals surface area contributed by atoms with Gasteiger partial charge in [-0.15, -0.1) is 0 Å². The predicted octanol–water partition coefficient (Wildman–Crippen LogP) is 1.89. The van der Waals surface area contributed by atoms with Crippen molar-refractivity contribution in [2.24, 2.45) is 23.7 Å². The minimum atomic E-state index is 0.877. The molecule has 1 heterocycles. The van der Waals surface area contributed by atoms with E-state index in [1.165, 1.54) is 25.9 Å². The summed E-state index contributed by atoms with van der Waals surface area (Å²) in [5.74, 6) is 3.98. The minimum Gasteiger partial charge on any atom is -0.316 e. The van der Waals surface area contributed by atoms with Gasteiger partial charge in [-0.2, -0.15) is 0 Å². The van der Waals surface area contributed by atoms with Crippen molar-refractivity contribution in [3.63, 3.8) is 0 Å². The van der Waals surface area contributed by atoms with Crippen molar-refractivity contribution < 1.29 is 0 Å². The summed E-state index contributed by atoms with van der Waals surface area (Å²) < 4.78 is 0. The molecular weight excluding hydrogens is 134 g/mol. The Morgan fingerprint density at radius 2 is 1.91 bits per heavy atom. The van der Waals surface area contributed by atoms with Gasteiger partial charge in [-0.3, -0.25) is 0 Å². The maximum Gasteiger partial charge on any atom is -0.00176 e. The number of fused-ring (bicyclic) bond motifs is 1. The first-order valence-electron chi connectivity index (χ1n) is 4.98. The lowest BCUT2D eigenvalue weighted by atomic mass is 9.91. The molecule has 1 heteroatoms. The molecule has 2 fully saturated rings. The molecule has 0 radical (unpaired) electrons. The largest absolute Gasteiger partial charge is 0.316 e. The van der Waals surface area contributed by atoms with E-state index in [4.69, 9.17) is 0 Å². The second-order valence-electron chi connectivity index (χ2n) is 4.65. The molecule has 0 amide bonds. The Balaban J connectivity index is 1.90. The van der Waals surface area contributed by atoms with Crippen molar-refractivity contribution in [1.82, 2.24) is 5.32 Å². The lowest BCUT2D eigenvalue weighted by molar-refractivity contribution is 0.342. The van der Waals surface area contributed by atoms with Gasteiger partial charge in [-0.1, -0.05) is 13.8 Å². The number of hydrogen-bond donors (Lipinski definition) is 1. The fourth-order valence-electron chi connectivity index (χ4n) is 2.28.